The second-order valence-corrected chi connectivity index (χ2v) is 7.75. The van der Waals surface area contributed by atoms with Crippen LogP contribution in [0.2, 0.25) is 0 Å². The van der Waals surface area contributed by atoms with E-state index in [2.05, 4.69) is 5.10 Å². The minimum atomic E-state index is -0.252. The average Bonchev–Trinajstić information content (AvgIpc) is 3.23. The Morgan fingerprint density at radius 1 is 1.00 bits per heavy atom. The molecule has 4 rings (SSSR count). The van der Waals surface area contributed by atoms with Crippen molar-refractivity contribution in [2.75, 3.05) is 0 Å². The smallest absolute Gasteiger partial charge is 0.227 e. The minimum Gasteiger partial charge on any atom is -0.335 e. The van der Waals surface area contributed by atoms with E-state index in [4.69, 9.17) is 0 Å². The standard InChI is InChI=1S/C24H26FN3O/c25-21-13-11-19(12-14-21)17-27(22-7-3-1-4-8-22)24(29)15-20-16-26-28(18-20)23-9-5-2-6-10-23/h2,5-6,9-14,16,18,22H,1,3-4,7-8,15,17H2. The van der Waals surface area contributed by atoms with Crippen molar-refractivity contribution >= 4 is 5.91 Å². The van der Waals surface area contributed by atoms with E-state index in [1.165, 1.54) is 18.6 Å². The number of hydrogen-bond donors (Lipinski definition) is 0. The number of halogens is 1. The van der Waals surface area contributed by atoms with Gasteiger partial charge in [0.25, 0.3) is 0 Å². The summed E-state index contributed by atoms with van der Waals surface area (Å²) in [6.07, 6.45) is 9.63. The van der Waals surface area contributed by atoms with Crippen LogP contribution in [-0.2, 0) is 17.8 Å². The molecule has 1 heterocycles. The van der Waals surface area contributed by atoms with E-state index < -0.39 is 0 Å². The first kappa shape index (κ1) is 19.4. The number of benzene rings is 2. The van der Waals surface area contributed by atoms with Crippen LogP contribution in [0.1, 0.15) is 43.2 Å². The van der Waals surface area contributed by atoms with E-state index in [1.807, 2.05) is 41.4 Å². The summed E-state index contributed by atoms with van der Waals surface area (Å²) in [7, 11) is 0. The number of hydrogen-bond acceptors (Lipinski definition) is 2. The van der Waals surface area contributed by atoms with Gasteiger partial charge < -0.3 is 4.90 Å². The molecule has 1 aliphatic rings. The fraction of sp³-hybridized carbons (Fsp3) is 0.333. The Labute approximate surface area is 171 Å². The van der Waals surface area contributed by atoms with Crippen molar-refractivity contribution in [1.82, 2.24) is 14.7 Å². The van der Waals surface area contributed by atoms with Gasteiger partial charge in [-0.25, -0.2) is 9.07 Å². The molecular weight excluding hydrogens is 365 g/mol. The monoisotopic (exact) mass is 391 g/mol. The summed E-state index contributed by atoms with van der Waals surface area (Å²) in [6, 6.07) is 16.6. The zero-order valence-corrected chi connectivity index (χ0v) is 16.5. The van der Waals surface area contributed by atoms with Crippen molar-refractivity contribution in [3.05, 3.63) is 83.9 Å². The van der Waals surface area contributed by atoms with Gasteiger partial charge >= 0.3 is 0 Å². The number of carbonyl (C=O) groups excluding carboxylic acids is 1. The SMILES string of the molecule is O=C(Cc1cnn(-c2ccccc2)c1)N(Cc1ccc(F)cc1)C1CCCCC1. The third kappa shape index (κ3) is 4.91. The molecule has 4 nitrogen and oxygen atoms in total. The van der Waals surface area contributed by atoms with Gasteiger partial charge in [-0.1, -0.05) is 49.6 Å². The van der Waals surface area contributed by atoms with Crippen LogP contribution in [0.15, 0.2) is 67.0 Å². The lowest BCUT2D eigenvalue weighted by molar-refractivity contribution is -0.134. The molecule has 0 unspecified atom stereocenters. The van der Waals surface area contributed by atoms with Crippen molar-refractivity contribution in [2.45, 2.75) is 51.1 Å². The normalized spacial score (nSPS) is 14.7. The van der Waals surface area contributed by atoms with E-state index in [9.17, 15) is 9.18 Å². The van der Waals surface area contributed by atoms with E-state index in [1.54, 1.807) is 23.0 Å². The van der Waals surface area contributed by atoms with Crippen molar-refractivity contribution in [2.24, 2.45) is 0 Å². The second-order valence-electron chi connectivity index (χ2n) is 7.75. The Hall–Kier alpha value is -2.95. The number of amides is 1. The van der Waals surface area contributed by atoms with Crippen LogP contribution >= 0.6 is 0 Å². The van der Waals surface area contributed by atoms with Crippen LogP contribution in [0.4, 0.5) is 4.39 Å². The van der Waals surface area contributed by atoms with Gasteiger partial charge in [0.2, 0.25) is 5.91 Å². The highest BCUT2D eigenvalue weighted by Gasteiger charge is 2.26. The summed E-state index contributed by atoms with van der Waals surface area (Å²) < 4.78 is 15.1. The molecule has 1 amide bonds. The first-order valence-corrected chi connectivity index (χ1v) is 10.3. The largest absolute Gasteiger partial charge is 0.335 e. The quantitative estimate of drug-likeness (QED) is 0.598. The zero-order valence-electron chi connectivity index (χ0n) is 16.5. The first-order chi connectivity index (χ1) is 14.2. The lowest BCUT2D eigenvalue weighted by Gasteiger charge is -2.34. The molecule has 150 valence electrons. The fourth-order valence-electron chi connectivity index (χ4n) is 4.05. The van der Waals surface area contributed by atoms with Crippen LogP contribution in [0, 0.1) is 5.82 Å². The van der Waals surface area contributed by atoms with Crippen LogP contribution < -0.4 is 0 Å². The zero-order chi connectivity index (χ0) is 20.1. The molecule has 0 N–H and O–H groups in total. The van der Waals surface area contributed by atoms with Gasteiger partial charge in [-0.15, -0.1) is 0 Å². The van der Waals surface area contributed by atoms with Gasteiger partial charge in [0.1, 0.15) is 5.82 Å². The van der Waals surface area contributed by atoms with Crippen LogP contribution in [0.5, 0.6) is 0 Å². The number of nitrogens with zero attached hydrogens (tertiary/aromatic N) is 3. The maximum absolute atomic E-state index is 13.3. The molecule has 0 atom stereocenters. The first-order valence-electron chi connectivity index (χ1n) is 10.3. The van der Waals surface area contributed by atoms with E-state index in [-0.39, 0.29) is 17.8 Å². The maximum atomic E-state index is 13.3. The van der Waals surface area contributed by atoms with Crippen molar-refractivity contribution < 1.29 is 9.18 Å². The highest BCUT2D eigenvalue weighted by atomic mass is 19.1. The molecule has 1 aliphatic carbocycles. The second kappa shape index (κ2) is 9.03. The Kier molecular flexibility index (Phi) is 6.03. The predicted molar refractivity (Wildman–Crippen MR) is 111 cm³/mol. The summed E-state index contributed by atoms with van der Waals surface area (Å²) in [4.78, 5) is 15.2. The molecule has 0 spiro atoms. The Morgan fingerprint density at radius 3 is 2.45 bits per heavy atom. The van der Waals surface area contributed by atoms with Crippen molar-refractivity contribution in [3.63, 3.8) is 0 Å². The van der Waals surface area contributed by atoms with Gasteiger partial charge in [0, 0.05) is 18.8 Å². The number of rotatable bonds is 6. The van der Waals surface area contributed by atoms with E-state index in [0.717, 1.165) is 42.5 Å². The summed E-state index contributed by atoms with van der Waals surface area (Å²) in [5, 5.41) is 4.41. The summed E-state index contributed by atoms with van der Waals surface area (Å²) in [6.45, 7) is 0.524. The van der Waals surface area contributed by atoms with Gasteiger partial charge in [0.05, 0.1) is 18.3 Å². The molecule has 0 bridgehead atoms. The Bertz CT molecular complexity index is 930. The molecular formula is C24H26FN3O. The predicted octanol–water partition coefficient (Wildman–Crippen LogP) is 4.92. The Morgan fingerprint density at radius 2 is 1.72 bits per heavy atom. The third-order valence-corrected chi connectivity index (χ3v) is 5.61. The summed E-state index contributed by atoms with van der Waals surface area (Å²) in [5.41, 5.74) is 2.84. The molecule has 2 aromatic carbocycles. The van der Waals surface area contributed by atoms with E-state index >= 15 is 0 Å². The molecule has 0 aliphatic heterocycles. The highest BCUT2D eigenvalue weighted by Crippen LogP contribution is 2.25. The number of para-hydroxylation sites is 1. The van der Waals surface area contributed by atoms with Gasteiger partial charge in [-0.05, 0) is 48.2 Å². The van der Waals surface area contributed by atoms with Gasteiger partial charge in [-0.3, -0.25) is 4.79 Å². The number of aromatic nitrogens is 2. The third-order valence-electron chi connectivity index (χ3n) is 5.61. The molecule has 0 saturated heterocycles. The summed E-state index contributed by atoms with van der Waals surface area (Å²) in [5.74, 6) is -0.147. The lowest BCUT2D eigenvalue weighted by Crippen LogP contribution is -2.41. The van der Waals surface area contributed by atoms with Gasteiger partial charge in [-0.2, -0.15) is 5.10 Å². The minimum absolute atomic E-state index is 0.105. The van der Waals surface area contributed by atoms with Crippen molar-refractivity contribution in [3.8, 4) is 5.69 Å². The molecule has 29 heavy (non-hydrogen) atoms. The van der Waals surface area contributed by atoms with E-state index in [0.29, 0.717) is 13.0 Å². The van der Waals surface area contributed by atoms with Crippen LogP contribution in [0.3, 0.4) is 0 Å². The Balaban J connectivity index is 1.50. The van der Waals surface area contributed by atoms with Gasteiger partial charge in [0.15, 0.2) is 0 Å². The maximum Gasteiger partial charge on any atom is 0.227 e. The van der Waals surface area contributed by atoms with Crippen LogP contribution in [0.25, 0.3) is 5.69 Å². The highest BCUT2D eigenvalue weighted by molar-refractivity contribution is 5.79. The molecule has 3 aromatic rings. The average molecular weight is 391 g/mol. The fourth-order valence-corrected chi connectivity index (χ4v) is 4.05. The summed E-state index contributed by atoms with van der Waals surface area (Å²) >= 11 is 0. The number of carbonyl (C=O) groups is 1. The molecule has 0 radical (unpaired) electrons. The lowest BCUT2D eigenvalue weighted by atomic mass is 9.93. The molecule has 1 aromatic heterocycles. The molecule has 1 saturated carbocycles. The van der Waals surface area contributed by atoms with Crippen LogP contribution in [-0.4, -0.2) is 26.6 Å². The molecule has 5 heteroatoms. The molecule has 1 fully saturated rings. The topological polar surface area (TPSA) is 38.1 Å². The van der Waals surface area contributed by atoms with Crippen molar-refractivity contribution in [1.29, 1.82) is 0 Å².